The summed E-state index contributed by atoms with van der Waals surface area (Å²) in [6.07, 6.45) is 7.46. The van der Waals surface area contributed by atoms with Gasteiger partial charge in [-0.15, -0.1) is 0 Å². The van der Waals surface area contributed by atoms with E-state index in [-0.39, 0.29) is 37.9 Å². The lowest BCUT2D eigenvalue weighted by atomic mass is 9.84. The molecule has 1 saturated carbocycles. The molecule has 1 aromatic carbocycles. The first-order chi connectivity index (χ1) is 29.6. The van der Waals surface area contributed by atoms with Gasteiger partial charge in [0.1, 0.15) is 29.9 Å². The van der Waals surface area contributed by atoms with Crippen LogP contribution in [0.3, 0.4) is 0 Å². The van der Waals surface area contributed by atoms with Crippen molar-refractivity contribution in [2.75, 3.05) is 38.1 Å². The molecular weight excluding hydrogens is 809 g/mol. The largest absolute Gasteiger partial charge is 0.394 e. The molecule has 0 bridgehead atoms. The summed E-state index contributed by atoms with van der Waals surface area (Å²) < 4.78 is 0. The number of carbonyl (C=O) groups excluding carboxylic acids is 7. The number of carbonyl (C=O) groups is 7. The van der Waals surface area contributed by atoms with Crippen molar-refractivity contribution < 1.29 is 38.7 Å². The Morgan fingerprint density at radius 2 is 1.63 bits per heavy atom. The van der Waals surface area contributed by atoms with Crippen LogP contribution in [0.25, 0.3) is 0 Å². The Kier molecular flexibility index (Phi) is 18.7. The van der Waals surface area contributed by atoms with Crippen LogP contribution in [0.5, 0.6) is 0 Å². The van der Waals surface area contributed by atoms with E-state index in [9.17, 15) is 38.7 Å². The van der Waals surface area contributed by atoms with E-state index in [1.54, 1.807) is 12.1 Å². The summed E-state index contributed by atoms with van der Waals surface area (Å²) in [6.45, 7) is -1.51. The summed E-state index contributed by atoms with van der Waals surface area (Å²) >= 11 is 0. The van der Waals surface area contributed by atoms with E-state index in [4.69, 9.17) is 28.7 Å². The zero-order valence-electron chi connectivity index (χ0n) is 34.4. The highest BCUT2D eigenvalue weighted by molar-refractivity contribution is 6.03. The molecule has 2 aliphatic heterocycles. The van der Waals surface area contributed by atoms with E-state index in [2.05, 4.69) is 57.8 Å². The molecular formula is C38H60N16O8. The Morgan fingerprint density at radius 1 is 0.919 bits per heavy atom. The molecule has 0 spiro atoms. The molecule has 1 aromatic rings. The summed E-state index contributed by atoms with van der Waals surface area (Å²) in [6, 6.07) is -1.06. The van der Waals surface area contributed by atoms with Crippen molar-refractivity contribution in [3.63, 3.8) is 0 Å². The van der Waals surface area contributed by atoms with Crippen LogP contribution in [0.4, 0.5) is 10.5 Å². The number of nitrogens with two attached hydrogens (primary N) is 5. The fourth-order valence-corrected chi connectivity index (χ4v) is 6.96. The first kappa shape index (κ1) is 48.1. The van der Waals surface area contributed by atoms with Gasteiger partial charge < -0.3 is 81.6 Å². The second-order valence-electron chi connectivity index (χ2n) is 15.2. The molecule has 2 heterocycles. The van der Waals surface area contributed by atoms with Gasteiger partial charge in [0.25, 0.3) is 5.91 Å². The van der Waals surface area contributed by atoms with Crippen molar-refractivity contribution in [2.45, 2.75) is 100.0 Å². The monoisotopic (exact) mass is 868 g/mol. The minimum absolute atomic E-state index is 0.0109. The number of aliphatic hydroxyl groups excluding tert-OH is 1. The third-order valence-electron chi connectivity index (χ3n) is 10.4. The van der Waals surface area contributed by atoms with Crippen molar-refractivity contribution in [2.24, 2.45) is 38.7 Å². The number of anilines is 1. The Labute approximate surface area is 358 Å². The first-order valence-electron chi connectivity index (χ1n) is 20.5. The summed E-state index contributed by atoms with van der Waals surface area (Å²) in [4.78, 5) is 102. The van der Waals surface area contributed by atoms with Crippen molar-refractivity contribution >= 4 is 59.1 Å². The second-order valence-corrected chi connectivity index (χ2v) is 15.2. The number of aliphatic imine (C=N–C) groups is 2. The number of hydrogen-bond acceptors (Lipinski definition) is 14. The van der Waals surface area contributed by atoms with E-state index in [1.807, 2.05) is 12.1 Å². The molecule has 24 heteroatoms. The Hall–Kier alpha value is -6.53. The van der Waals surface area contributed by atoms with Crippen LogP contribution in [-0.2, 0) is 28.8 Å². The standard InChI is InChI=1S/C38H60N16O8/c39-22(7-4-13-44-36(41)42)15-29(56)46-17-26-32(58)50-27(18-48-38(62)49-23-10-8-21(9-11-23)20-5-2-1-3-6-20)33(59)54-30(25-12-14-45-37(43)53-25)35(61)47-16-24(40)31(57)52-28(19-55)34(60)51-26/h8-11,18,20,22,24-26,28,30,55H,1-7,12-17,19,39-40H2,(H,46,56)(H,47,61)(H,50,58)(H,51,60)(H,52,57)(H,54,59)(H4,41,42,44)(H3,43,45,53)(H2,48,49,62)/b27-18-/t22-,24?,25?,26-,28-,30-/m0/s1. The zero-order chi connectivity index (χ0) is 45.2. The second kappa shape index (κ2) is 24.0. The number of benzene rings is 1. The molecule has 0 radical (unpaired) electrons. The molecule has 0 aromatic heterocycles. The van der Waals surface area contributed by atoms with Gasteiger partial charge in [-0.1, -0.05) is 31.4 Å². The lowest BCUT2D eigenvalue weighted by Crippen LogP contribution is -2.64. The number of hydrogen-bond donors (Lipinski definition) is 15. The van der Waals surface area contributed by atoms with Gasteiger partial charge >= 0.3 is 6.03 Å². The van der Waals surface area contributed by atoms with Crippen molar-refractivity contribution in [3.8, 4) is 0 Å². The van der Waals surface area contributed by atoms with Crippen molar-refractivity contribution in [1.29, 1.82) is 0 Å². The molecule has 1 aliphatic carbocycles. The number of guanidine groups is 2. The maximum absolute atomic E-state index is 14.1. The highest BCUT2D eigenvalue weighted by Crippen LogP contribution is 2.33. The molecule has 62 heavy (non-hydrogen) atoms. The molecule has 6 atom stereocenters. The molecule has 20 N–H and O–H groups in total. The van der Waals surface area contributed by atoms with Crippen molar-refractivity contribution in [1.82, 2.24) is 42.5 Å². The lowest BCUT2D eigenvalue weighted by Gasteiger charge is -2.31. The SMILES string of the molecule is NC(N)=NCCC[C@H](N)CC(=O)NC[C@@H]1NC(=O)[C@H](CO)NC(=O)C(N)CNC(=O)[C@H](C2CCN=C(N)N2)NC(=O)/C(=C/NC(=O)Nc2ccc(C3CCCCC3)cc2)NC1=O. The normalized spacial score (nSPS) is 24.4. The average molecular weight is 869 g/mol. The predicted octanol–water partition coefficient (Wildman–Crippen LogP) is -4.72. The van der Waals surface area contributed by atoms with Crippen LogP contribution in [-0.4, -0.2) is 128 Å². The topological polar surface area (TPSA) is 403 Å². The van der Waals surface area contributed by atoms with Gasteiger partial charge in [0, 0.05) is 50.5 Å². The molecule has 2 fully saturated rings. The number of rotatable bonds is 13. The Bertz CT molecular complexity index is 1850. The Morgan fingerprint density at radius 3 is 2.31 bits per heavy atom. The van der Waals surface area contributed by atoms with Gasteiger partial charge in [0.15, 0.2) is 11.9 Å². The number of aliphatic hydroxyl groups is 1. The summed E-state index contributed by atoms with van der Waals surface area (Å²) in [5.41, 5.74) is 29.7. The van der Waals surface area contributed by atoms with Crippen LogP contribution in [0.1, 0.15) is 69.3 Å². The average Bonchev–Trinajstić information content (AvgIpc) is 3.25. The minimum Gasteiger partial charge on any atom is -0.394 e. The van der Waals surface area contributed by atoms with Crippen LogP contribution in [0.2, 0.25) is 0 Å². The van der Waals surface area contributed by atoms with E-state index >= 15 is 0 Å². The van der Waals surface area contributed by atoms with Gasteiger partial charge in [-0.05, 0) is 55.7 Å². The van der Waals surface area contributed by atoms with E-state index < -0.39 is 103 Å². The Balaban J connectivity index is 1.61. The summed E-state index contributed by atoms with van der Waals surface area (Å²) in [5, 5.41) is 32.5. The van der Waals surface area contributed by atoms with Crippen LogP contribution >= 0.6 is 0 Å². The highest BCUT2D eigenvalue weighted by Gasteiger charge is 2.35. The van der Waals surface area contributed by atoms with Gasteiger partial charge in [0.05, 0.1) is 12.6 Å². The predicted molar refractivity (Wildman–Crippen MR) is 228 cm³/mol. The van der Waals surface area contributed by atoms with E-state index in [0.29, 0.717) is 24.4 Å². The maximum atomic E-state index is 14.1. The summed E-state index contributed by atoms with van der Waals surface area (Å²) in [7, 11) is 0. The van der Waals surface area contributed by atoms with Crippen LogP contribution in [0, 0.1) is 0 Å². The third-order valence-corrected chi connectivity index (χ3v) is 10.4. The fourth-order valence-electron chi connectivity index (χ4n) is 6.96. The number of urea groups is 1. The molecule has 24 nitrogen and oxygen atoms in total. The van der Waals surface area contributed by atoms with Gasteiger partial charge in [0.2, 0.25) is 29.5 Å². The molecule has 340 valence electrons. The van der Waals surface area contributed by atoms with Gasteiger partial charge in [-0.25, -0.2) is 4.79 Å². The van der Waals surface area contributed by atoms with E-state index in [1.165, 1.54) is 6.42 Å². The quantitative estimate of drug-likeness (QED) is 0.0384. The first-order valence-corrected chi connectivity index (χ1v) is 20.5. The van der Waals surface area contributed by atoms with Gasteiger partial charge in [-0.2, -0.15) is 0 Å². The van der Waals surface area contributed by atoms with E-state index in [0.717, 1.165) is 37.4 Å². The molecule has 3 aliphatic rings. The number of nitrogens with one attached hydrogen (secondary N) is 9. The third kappa shape index (κ3) is 15.5. The fraction of sp³-hybridized carbons (Fsp3) is 0.553. The van der Waals surface area contributed by atoms with Gasteiger partial charge in [-0.3, -0.25) is 38.8 Å². The summed E-state index contributed by atoms with van der Waals surface area (Å²) in [5.74, 6) is -5.28. The zero-order valence-corrected chi connectivity index (χ0v) is 34.4. The van der Waals surface area contributed by atoms with Crippen LogP contribution in [0.15, 0.2) is 46.1 Å². The number of amides is 8. The molecule has 4 rings (SSSR count). The lowest BCUT2D eigenvalue weighted by molar-refractivity contribution is -0.134. The smallest absolute Gasteiger partial charge is 0.323 e. The minimum atomic E-state index is -1.67. The van der Waals surface area contributed by atoms with Crippen molar-refractivity contribution in [3.05, 3.63) is 41.7 Å². The van der Waals surface area contributed by atoms with Crippen LogP contribution < -0.4 is 76.5 Å². The maximum Gasteiger partial charge on any atom is 0.323 e. The molecule has 2 unspecified atom stereocenters. The molecule has 8 amide bonds. The highest BCUT2D eigenvalue weighted by atomic mass is 16.3. The number of nitrogens with zero attached hydrogens (tertiary/aromatic N) is 2. The molecule has 1 saturated heterocycles.